The molecule has 0 atom stereocenters. The largest absolute Gasteiger partial charge is 0.383 e. The molecule has 0 aliphatic carbocycles. The van der Waals surface area contributed by atoms with Gasteiger partial charge in [0.15, 0.2) is 0 Å². The van der Waals surface area contributed by atoms with E-state index in [2.05, 4.69) is 17.1 Å². The molecule has 1 aromatic carbocycles. The van der Waals surface area contributed by atoms with Gasteiger partial charge in [0.25, 0.3) is 0 Å². The number of aromatic nitrogens is 1. The van der Waals surface area contributed by atoms with Crippen molar-refractivity contribution in [3.8, 4) is 23.3 Å². The molecule has 0 unspecified atom stereocenters. The zero-order valence-electron chi connectivity index (χ0n) is 15.6. The van der Waals surface area contributed by atoms with Gasteiger partial charge in [-0.3, -0.25) is 0 Å². The van der Waals surface area contributed by atoms with Crippen molar-refractivity contribution in [2.75, 3.05) is 37.9 Å². The lowest BCUT2D eigenvalue weighted by atomic mass is 9.97. The Hall–Kier alpha value is -2.58. The van der Waals surface area contributed by atoms with Crippen LogP contribution in [0.15, 0.2) is 35.4 Å². The highest BCUT2D eigenvalue weighted by atomic mass is 32.2. The normalized spacial score (nSPS) is 15.6. The first kappa shape index (κ1) is 20.2. The Labute approximate surface area is 169 Å². The van der Waals surface area contributed by atoms with Crippen molar-refractivity contribution >= 4 is 17.6 Å². The second-order valence-electron chi connectivity index (χ2n) is 6.55. The Morgan fingerprint density at radius 1 is 1.04 bits per heavy atom. The van der Waals surface area contributed by atoms with Crippen LogP contribution < -0.4 is 5.73 Å². The highest BCUT2D eigenvalue weighted by Crippen LogP contribution is 2.36. The first-order valence-electron chi connectivity index (χ1n) is 9.22. The molecule has 2 N–H and O–H groups in total. The average molecular weight is 395 g/mol. The van der Waals surface area contributed by atoms with Gasteiger partial charge in [-0.25, -0.2) is 4.98 Å². The van der Waals surface area contributed by atoms with E-state index in [0.717, 1.165) is 37.7 Å². The van der Waals surface area contributed by atoms with E-state index < -0.39 is 0 Å². The van der Waals surface area contributed by atoms with Crippen molar-refractivity contribution < 1.29 is 9.47 Å². The van der Waals surface area contributed by atoms with Crippen LogP contribution >= 0.6 is 11.8 Å². The van der Waals surface area contributed by atoms with E-state index in [4.69, 9.17) is 15.2 Å². The van der Waals surface area contributed by atoms with Crippen LogP contribution in [0.2, 0.25) is 0 Å². The molecule has 2 fully saturated rings. The first-order valence-corrected chi connectivity index (χ1v) is 10.2. The number of pyridine rings is 1. The molecule has 0 radical (unpaired) electrons. The number of nitrogens with two attached hydrogens (primary N) is 1. The third-order valence-electron chi connectivity index (χ3n) is 4.47. The van der Waals surface area contributed by atoms with E-state index in [1.54, 1.807) is 0 Å². The van der Waals surface area contributed by atoms with Gasteiger partial charge in [-0.15, -0.1) is 11.8 Å². The summed E-state index contributed by atoms with van der Waals surface area (Å²) in [6.45, 7) is 3.48. The summed E-state index contributed by atoms with van der Waals surface area (Å²) >= 11 is 1.49. The van der Waals surface area contributed by atoms with Crippen LogP contribution in [0.4, 0.5) is 5.82 Å². The fourth-order valence-corrected chi connectivity index (χ4v) is 3.92. The highest BCUT2D eigenvalue weighted by Gasteiger charge is 2.23. The molecule has 1 aromatic heterocycles. The van der Waals surface area contributed by atoms with E-state index in [0.29, 0.717) is 22.1 Å². The molecule has 0 bridgehead atoms. The molecule has 6 nitrogen and oxygen atoms in total. The van der Waals surface area contributed by atoms with Crippen molar-refractivity contribution in [1.29, 1.82) is 10.5 Å². The topological polar surface area (TPSA) is 105 Å². The lowest BCUT2D eigenvalue weighted by molar-refractivity contribution is -0.0196. The number of nitriles is 2. The smallest absolute Gasteiger partial charge is 0.143 e. The van der Waals surface area contributed by atoms with Gasteiger partial charge in [0.1, 0.15) is 28.5 Å². The SMILES string of the molecule is C1CCOC1.N#Cc1c(N)nc(SCC2COC2)c(C#N)c1-c1ccccc1. The molecule has 7 heteroatoms. The predicted octanol–water partition coefficient (Wildman–Crippen LogP) is 3.61. The first-order chi connectivity index (χ1) is 13.7. The van der Waals surface area contributed by atoms with Crippen molar-refractivity contribution in [2.24, 2.45) is 5.92 Å². The number of nitrogens with zero attached hydrogens (tertiary/aromatic N) is 3. The number of anilines is 1. The van der Waals surface area contributed by atoms with E-state index >= 15 is 0 Å². The molecular formula is C21H22N4O2S. The molecule has 2 aliphatic rings. The summed E-state index contributed by atoms with van der Waals surface area (Å²) in [6.07, 6.45) is 2.56. The molecular weight excluding hydrogens is 372 g/mol. The summed E-state index contributed by atoms with van der Waals surface area (Å²) in [5.41, 5.74) is 7.99. The van der Waals surface area contributed by atoms with E-state index in [-0.39, 0.29) is 11.4 Å². The van der Waals surface area contributed by atoms with Crippen LogP contribution in [0.1, 0.15) is 24.0 Å². The van der Waals surface area contributed by atoms with Crippen LogP contribution in [0, 0.1) is 28.6 Å². The molecule has 2 aromatic rings. The van der Waals surface area contributed by atoms with Gasteiger partial charge in [0.2, 0.25) is 0 Å². The van der Waals surface area contributed by atoms with E-state index in [1.807, 2.05) is 30.3 Å². The minimum Gasteiger partial charge on any atom is -0.383 e. The van der Waals surface area contributed by atoms with Gasteiger partial charge in [0, 0.05) is 30.4 Å². The van der Waals surface area contributed by atoms with Crippen LogP contribution in [0.3, 0.4) is 0 Å². The van der Waals surface area contributed by atoms with Crippen molar-refractivity contribution in [2.45, 2.75) is 17.9 Å². The second kappa shape index (κ2) is 10.1. The van der Waals surface area contributed by atoms with Gasteiger partial charge in [-0.05, 0) is 18.4 Å². The summed E-state index contributed by atoms with van der Waals surface area (Å²) in [7, 11) is 0. The third kappa shape index (κ3) is 4.82. The summed E-state index contributed by atoms with van der Waals surface area (Å²) in [5.74, 6) is 1.46. The molecule has 2 saturated heterocycles. The number of hydrogen-bond acceptors (Lipinski definition) is 7. The minimum absolute atomic E-state index is 0.165. The predicted molar refractivity (Wildman–Crippen MR) is 109 cm³/mol. The maximum Gasteiger partial charge on any atom is 0.143 e. The van der Waals surface area contributed by atoms with E-state index in [9.17, 15) is 10.5 Å². The van der Waals surface area contributed by atoms with Gasteiger partial charge in [-0.1, -0.05) is 30.3 Å². The number of benzene rings is 1. The summed E-state index contributed by atoms with van der Waals surface area (Å²) < 4.78 is 10.1. The summed E-state index contributed by atoms with van der Waals surface area (Å²) in [5, 5.41) is 19.6. The lowest BCUT2D eigenvalue weighted by Gasteiger charge is -2.25. The Morgan fingerprint density at radius 2 is 1.71 bits per heavy atom. The molecule has 0 saturated carbocycles. The molecule has 28 heavy (non-hydrogen) atoms. The Kier molecular flexibility index (Phi) is 7.27. The van der Waals surface area contributed by atoms with Crippen molar-refractivity contribution in [3.05, 3.63) is 41.5 Å². The maximum absolute atomic E-state index is 9.63. The number of ether oxygens (including phenoxy) is 2. The Balaban J connectivity index is 0.000000391. The van der Waals surface area contributed by atoms with Crippen molar-refractivity contribution in [3.63, 3.8) is 0 Å². The molecule has 0 amide bonds. The molecule has 2 aliphatic heterocycles. The van der Waals surface area contributed by atoms with Crippen LogP contribution in [0.5, 0.6) is 0 Å². The standard InChI is InChI=1S/C17H14N4OS.C4H8O/c18-6-13-15(12-4-2-1-3-5-12)14(7-19)17(21-16(13)20)23-10-11-8-22-9-11;1-2-4-5-3-1/h1-5,11H,8-10H2,(H2,20,21);1-4H2. The van der Waals surface area contributed by atoms with Crippen LogP contribution in [0.25, 0.3) is 11.1 Å². The fraction of sp³-hybridized carbons (Fsp3) is 0.381. The van der Waals surface area contributed by atoms with Crippen LogP contribution in [-0.4, -0.2) is 37.2 Å². The van der Waals surface area contributed by atoms with Gasteiger partial charge >= 0.3 is 0 Å². The molecule has 144 valence electrons. The zero-order chi connectivity index (χ0) is 19.8. The molecule has 4 rings (SSSR count). The molecule has 3 heterocycles. The number of hydrogen-bond donors (Lipinski definition) is 1. The monoisotopic (exact) mass is 394 g/mol. The van der Waals surface area contributed by atoms with Crippen LogP contribution in [-0.2, 0) is 9.47 Å². The quantitative estimate of drug-likeness (QED) is 0.790. The average Bonchev–Trinajstić information content (AvgIpc) is 3.27. The lowest BCUT2D eigenvalue weighted by Crippen LogP contribution is -2.29. The summed E-state index contributed by atoms with van der Waals surface area (Å²) in [6, 6.07) is 13.6. The Morgan fingerprint density at radius 3 is 2.21 bits per heavy atom. The van der Waals surface area contributed by atoms with Gasteiger partial charge < -0.3 is 15.2 Å². The number of rotatable bonds is 4. The van der Waals surface area contributed by atoms with Gasteiger partial charge in [-0.2, -0.15) is 10.5 Å². The van der Waals surface area contributed by atoms with E-state index in [1.165, 1.54) is 24.6 Å². The van der Waals surface area contributed by atoms with Gasteiger partial charge in [0.05, 0.1) is 18.8 Å². The third-order valence-corrected chi connectivity index (χ3v) is 5.68. The second-order valence-corrected chi connectivity index (χ2v) is 7.56. The number of nitrogen functional groups attached to an aromatic ring is 1. The zero-order valence-corrected chi connectivity index (χ0v) is 16.4. The Bertz CT molecular complexity index is 874. The molecule has 0 spiro atoms. The fourth-order valence-electron chi connectivity index (χ4n) is 2.88. The van der Waals surface area contributed by atoms with Crippen molar-refractivity contribution in [1.82, 2.24) is 4.98 Å². The summed E-state index contributed by atoms with van der Waals surface area (Å²) in [4.78, 5) is 4.29. The number of thioether (sulfide) groups is 1. The highest BCUT2D eigenvalue weighted by molar-refractivity contribution is 7.99. The minimum atomic E-state index is 0.165. The maximum atomic E-state index is 9.63.